The number of hydrogen-bond donors (Lipinski definition) is 5. The number of nitrogen functional groups attached to an aromatic ring is 1. The number of anilines is 3. The lowest BCUT2D eigenvalue weighted by atomic mass is 10.1. The molecule has 3 aromatic rings. The molecule has 3 aromatic carbocycles. The molecule has 0 radical (unpaired) electrons. The highest BCUT2D eigenvalue weighted by Gasteiger charge is 2.22. The van der Waals surface area contributed by atoms with Gasteiger partial charge >= 0.3 is 5.97 Å². The van der Waals surface area contributed by atoms with Crippen molar-refractivity contribution in [3.63, 3.8) is 0 Å². The fraction of sp³-hybridized carbons (Fsp3) is 0.125. The zero-order valence-corrected chi connectivity index (χ0v) is 18.0. The van der Waals surface area contributed by atoms with Gasteiger partial charge in [-0.3, -0.25) is 9.59 Å². The maximum Gasteiger partial charge on any atom is 0.335 e. The highest BCUT2D eigenvalue weighted by atomic mass is 16.5. The van der Waals surface area contributed by atoms with E-state index >= 15 is 0 Å². The van der Waals surface area contributed by atoms with Crippen molar-refractivity contribution < 1.29 is 29.3 Å². The summed E-state index contributed by atoms with van der Waals surface area (Å²) < 4.78 is 5.69. The molecule has 0 aliphatic rings. The van der Waals surface area contributed by atoms with Crippen molar-refractivity contribution in [2.24, 2.45) is 0 Å². The second kappa shape index (κ2) is 9.73. The molecule has 0 saturated heterocycles. The average molecular weight is 449 g/mol. The molecule has 9 nitrogen and oxygen atoms in total. The minimum absolute atomic E-state index is 0.0531. The van der Waals surface area contributed by atoms with E-state index in [9.17, 15) is 19.5 Å². The smallest absolute Gasteiger partial charge is 0.335 e. The lowest BCUT2D eigenvalue weighted by Gasteiger charge is -2.18. The van der Waals surface area contributed by atoms with Gasteiger partial charge in [0, 0.05) is 16.9 Å². The second-order valence-electron chi connectivity index (χ2n) is 7.42. The zero-order valence-electron chi connectivity index (χ0n) is 18.0. The largest absolute Gasteiger partial charge is 0.504 e. The van der Waals surface area contributed by atoms with Gasteiger partial charge < -0.3 is 31.3 Å². The van der Waals surface area contributed by atoms with Gasteiger partial charge in [-0.05, 0) is 74.5 Å². The third-order valence-electron chi connectivity index (χ3n) is 4.54. The number of rotatable bonds is 7. The summed E-state index contributed by atoms with van der Waals surface area (Å²) in [5.74, 6) is -2.67. The molecular formula is C24H23N3O6. The predicted octanol–water partition coefficient (Wildman–Crippen LogP) is 3.96. The van der Waals surface area contributed by atoms with Crippen LogP contribution in [-0.2, 0) is 0 Å². The van der Waals surface area contributed by atoms with Crippen molar-refractivity contribution in [1.29, 1.82) is 0 Å². The topological polar surface area (TPSA) is 151 Å². The standard InChI is InChI=1S/C24H23N3O6/c1-13(2)33-21-19(27-22(29)14-3-7-16(25)8-4-14)12-11-18(20(21)28)23(30)26-17-9-5-15(6-10-17)24(31)32/h3-13,28H,25H2,1-2H3,(H,26,30)(H,27,29)(H,31,32). The Morgan fingerprint density at radius 2 is 1.45 bits per heavy atom. The van der Waals surface area contributed by atoms with Crippen LogP contribution in [0.1, 0.15) is 44.9 Å². The van der Waals surface area contributed by atoms with E-state index in [1.165, 1.54) is 36.4 Å². The van der Waals surface area contributed by atoms with Gasteiger partial charge in [0.25, 0.3) is 11.8 Å². The summed E-state index contributed by atoms with van der Waals surface area (Å²) in [4.78, 5) is 36.3. The van der Waals surface area contributed by atoms with Crippen LogP contribution in [0.3, 0.4) is 0 Å². The Hall–Kier alpha value is -4.53. The minimum Gasteiger partial charge on any atom is -0.504 e. The van der Waals surface area contributed by atoms with E-state index in [-0.39, 0.29) is 28.7 Å². The lowest BCUT2D eigenvalue weighted by molar-refractivity contribution is 0.0696. The number of hydrogen-bond acceptors (Lipinski definition) is 6. The molecule has 0 aromatic heterocycles. The van der Waals surface area contributed by atoms with Crippen molar-refractivity contribution >= 4 is 34.8 Å². The van der Waals surface area contributed by atoms with Gasteiger partial charge in [0.2, 0.25) is 0 Å². The SMILES string of the molecule is CC(C)Oc1c(NC(=O)c2ccc(N)cc2)ccc(C(=O)Nc2ccc(C(=O)O)cc2)c1O. The van der Waals surface area contributed by atoms with Crippen LogP contribution in [0.15, 0.2) is 60.7 Å². The first-order chi connectivity index (χ1) is 15.7. The molecule has 0 unspecified atom stereocenters. The molecule has 170 valence electrons. The van der Waals surface area contributed by atoms with Crippen LogP contribution < -0.4 is 21.1 Å². The average Bonchev–Trinajstić information content (AvgIpc) is 2.76. The Balaban J connectivity index is 1.87. The van der Waals surface area contributed by atoms with Crippen LogP contribution in [0.2, 0.25) is 0 Å². The van der Waals surface area contributed by atoms with E-state index in [2.05, 4.69) is 10.6 Å². The number of carbonyl (C=O) groups is 3. The number of amides is 2. The number of carboxylic acids is 1. The van der Waals surface area contributed by atoms with Gasteiger partial charge in [0.05, 0.1) is 22.9 Å². The van der Waals surface area contributed by atoms with Gasteiger partial charge in [-0.2, -0.15) is 0 Å². The van der Waals surface area contributed by atoms with Crippen LogP contribution in [-0.4, -0.2) is 34.1 Å². The summed E-state index contributed by atoms with van der Waals surface area (Å²) in [7, 11) is 0. The Morgan fingerprint density at radius 1 is 0.848 bits per heavy atom. The van der Waals surface area contributed by atoms with E-state index in [0.717, 1.165) is 0 Å². The zero-order chi connectivity index (χ0) is 24.1. The summed E-state index contributed by atoms with van der Waals surface area (Å²) in [5, 5.41) is 25.0. The number of nitrogens with one attached hydrogen (secondary N) is 2. The quantitative estimate of drug-likeness (QED) is 0.342. The number of carbonyl (C=O) groups excluding carboxylic acids is 2. The Kier molecular flexibility index (Phi) is 6.82. The number of phenolic OH excluding ortho intramolecular Hbond substituents is 1. The molecule has 0 spiro atoms. The fourth-order valence-corrected chi connectivity index (χ4v) is 2.93. The van der Waals surface area contributed by atoms with Crippen molar-refractivity contribution in [2.75, 3.05) is 16.4 Å². The number of phenols is 1. The number of benzene rings is 3. The van der Waals surface area contributed by atoms with E-state index in [1.54, 1.807) is 38.1 Å². The van der Waals surface area contributed by atoms with Crippen LogP contribution in [0.4, 0.5) is 17.1 Å². The third kappa shape index (κ3) is 5.59. The Bertz CT molecular complexity index is 1190. The van der Waals surface area contributed by atoms with Gasteiger partial charge in [0.1, 0.15) is 0 Å². The van der Waals surface area contributed by atoms with Crippen molar-refractivity contribution in [1.82, 2.24) is 0 Å². The highest BCUT2D eigenvalue weighted by Crippen LogP contribution is 2.39. The first-order valence-electron chi connectivity index (χ1n) is 10.00. The van der Waals surface area contributed by atoms with E-state index in [1.807, 2.05) is 0 Å². The molecule has 3 rings (SSSR count). The molecule has 6 N–H and O–H groups in total. The molecule has 0 saturated carbocycles. The van der Waals surface area contributed by atoms with E-state index < -0.39 is 23.5 Å². The summed E-state index contributed by atoms with van der Waals surface area (Å²) in [5.41, 5.74) is 7.04. The Morgan fingerprint density at radius 3 is 2.03 bits per heavy atom. The Labute approximate surface area is 189 Å². The van der Waals surface area contributed by atoms with Crippen LogP contribution >= 0.6 is 0 Å². The van der Waals surface area contributed by atoms with Crippen LogP contribution in [0.5, 0.6) is 11.5 Å². The van der Waals surface area contributed by atoms with Gasteiger partial charge in [0.15, 0.2) is 11.5 Å². The molecule has 0 aliphatic carbocycles. The molecule has 0 fully saturated rings. The van der Waals surface area contributed by atoms with Crippen molar-refractivity contribution in [2.45, 2.75) is 20.0 Å². The number of aromatic hydroxyl groups is 1. The molecule has 0 atom stereocenters. The number of nitrogens with two attached hydrogens (primary N) is 1. The van der Waals surface area contributed by atoms with Crippen LogP contribution in [0, 0.1) is 0 Å². The van der Waals surface area contributed by atoms with E-state index in [0.29, 0.717) is 16.9 Å². The molecule has 33 heavy (non-hydrogen) atoms. The van der Waals surface area contributed by atoms with Crippen molar-refractivity contribution in [3.05, 3.63) is 77.4 Å². The summed E-state index contributed by atoms with van der Waals surface area (Å²) in [6.45, 7) is 3.48. The van der Waals surface area contributed by atoms with Gasteiger partial charge in [-0.1, -0.05) is 0 Å². The van der Waals surface area contributed by atoms with Crippen molar-refractivity contribution in [3.8, 4) is 11.5 Å². The lowest BCUT2D eigenvalue weighted by Crippen LogP contribution is -2.17. The second-order valence-corrected chi connectivity index (χ2v) is 7.42. The van der Waals surface area contributed by atoms with Crippen LogP contribution in [0.25, 0.3) is 0 Å². The maximum absolute atomic E-state index is 12.7. The summed E-state index contributed by atoms with van der Waals surface area (Å²) in [6, 6.07) is 14.7. The first kappa shape index (κ1) is 23.1. The monoisotopic (exact) mass is 449 g/mol. The first-order valence-corrected chi connectivity index (χ1v) is 10.00. The maximum atomic E-state index is 12.7. The number of ether oxygens (including phenoxy) is 1. The molecule has 2 amide bonds. The summed E-state index contributed by atoms with van der Waals surface area (Å²) >= 11 is 0. The molecular weight excluding hydrogens is 426 g/mol. The normalized spacial score (nSPS) is 10.5. The third-order valence-corrected chi connectivity index (χ3v) is 4.54. The number of aromatic carboxylic acids is 1. The molecule has 0 aliphatic heterocycles. The molecule has 9 heteroatoms. The van der Waals surface area contributed by atoms with E-state index in [4.69, 9.17) is 15.6 Å². The minimum atomic E-state index is -1.09. The molecule has 0 heterocycles. The predicted molar refractivity (Wildman–Crippen MR) is 124 cm³/mol. The highest BCUT2D eigenvalue weighted by molar-refractivity contribution is 6.09. The summed E-state index contributed by atoms with van der Waals surface area (Å²) in [6.07, 6.45) is -0.357. The molecule has 0 bridgehead atoms. The number of carboxylic acid groups (broad SMARTS) is 1. The fourth-order valence-electron chi connectivity index (χ4n) is 2.93. The van der Waals surface area contributed by atoms with Gasteiger partial charge in [-0.25, -0.2) is 4.79 Å². The van der Waals surface area contributed by atoms with Gasteiger partial charge in [-0.15, -0.1) is 0 Å².